The molecule has 0 heterocycles. The van der Waals surface area contributed by atoms with E-state index < -0.39 is 0 Å². The van der Waals surface area contributed by atoms with Gasteiger partial charge in [-0.2, -0.15) is 0 Å². The quantitative estimate of drug-likeness (QED) is 0.473. The maximum Gasteiger partial charge on any atom is 0.0631 e. The van der Waals surface area contributed by atoms with Gasteiger partial charge in [0.2, 0.25) is 0 Å². The van der Waals surface area contributed by atoms with Crippen molar-refractivity contribution in [1.29, 1.82) is 0 Å². The second kappa shape index (κ2) is 6.56. The van der Waals surface area contributed by atoms with Gasteiger partial charge in [-0.1, -0.05) is 58.0 Å². The van der Waals surface area contributed by atoms with Crippen LogP contribution in [-0.4, -0.2) is 0 Å². The van der Waals surface area contributed by atoms with E-state index in [4.69, 9.17) is 58.0 Å². The molecule has 0 fully saturated rings. The van der Waals surface area contributed by atoms with Crippen molar-refractivity contribution < 1.29 is 0 Å². The van der Waals surface area contributed by atoms with Crippen molar-refractivity contribution in [3.05, 3.63) is 65.1 Å². The van der Waals surface area contributed by atoms with Gasteiger partial charge in [0.05, 0.1) is 10.0 Å². The summed E-state index contributed by atoms with van der Waals surface area (Å²) in [6.45, 7) is 5.81. The molecule has 112 valence electrons. The van der Waals surface area contributed by atoms with Crippen molar-refractivity contribution in [1.82, 2.24) is 0 Å². The Morgan fingerprint density at radius 2 is 1.24 bits per heavy atom. The van der Waals surface area contributed by atoms with E-state index in [1.165, 1.54) is 0 Å². The zero-order valence-electron chi connectivity index (χ0n) is 11.8. The van der Waals surface area contributed by atoms with Crippen LogP contribution in [0.1, 0.15) is 27.8 Å². The Hall–Kier alpha value is -0.110. The van der Waals surface area contributed by atoms with Crippen LogP contribution in [0.5, 0.6) is 0 Å². The molecule has 0 aromatic heterocycles. The summed E-state index contributed by atoms with van der Waals surface area (Å²) >= 11 is 31.3. The molecule has 2 rings (SSSR count). The SMILES string of the molecule is Cc1c(Cl)cc(Cc2c(C)c(Cl)cc(Cl)c2Cl)c(Cl)c1C. The molecule has 0 aliphatic heterocycles. The molecule has 0 atom stereocenters. The van der Waals surface area contributed by atoms with Gasteiger partial charge in [-0.15, -0.1) is 0 Å². The Kier molecular flexibility index (Phi) is 5.39. The van der Waals surface area contributed by atoms with Crippen molar-refractivity contribution >= 4 is 58.0 Å². The van der Waals surface area contributed by atoms with Crippen molar-refractivity contribution in [3.8, 4) is 0 Å². The topological polar surface area (TPSA) is 0 Å². The monoisotopic (exact) mass is 380 g/mol. The van der Waals surface area contributed by atoms with E-state index in [2.05, 4.69) is 0 Å². The maximum atomic E-state index is 6.44. The zero-order chi connectivity index (χ0) is 15.9. The largest absolute Gasteiger partial charge is 0.0840 e. The fourth-order valence-corrected chi connectivity index (χ4v) is 3.48. The Morgan fingerprint density at radius 3 is 1.86 bits per heavy atom. The first kappa shape index (κ1) is 17.2. The van der Waals surface area contributed by atoms with Crippen molar-refractivity contribution in [2.24, 2.45) is 0 Å². The Balaban J connectivity index is 2.59. The van der Waals surface area contributed by atoms with E-state index in [0.717, 1.165) is 27.8 Å². The molecule has 0 saturated carbocycles. The lowest BCUT2D eigenvalue weighted by Gasteiger charge is -2.15. The summed E-state index contributed by atoms with van der Waals surface area (Å²) in [5.41, 5.74) is 4.64. The zero-order valence-corrected chi connectivity index (χ0v) is 15.5. The third-order valence-electron chi connectivity index (χ3n) is 3.74. The summed E-state index contributed by atoms with van der Waals surface area (Å²) in [6, 6.07) is 3.52. The van der Waals surface area contributed by atoms with Crippen LogP contribution in [-0.2, 0) is 6.42 Å². The van der Waals surface area contributed by atoms with Gasteiger partial charge in [-0.25, -0.2) is 0 Å². The van der Waals surface area contributed by atoms with Gasteiger partial charge in [-0.05, 0) is 60.7 Å². The fourth-order valence-electron chi connectivity index (χ4n) is 2.17. The van der Waals surface area contributed by atoms with Crippen molar-refractivity contribution in [3.63, 3.8) is 0 Å². The number of halogens is 5. The summed E-state index contributed by atoms with van der Waals surface area (Å²) < 4.78 is 0. The molecule has 0 N–H and O–H groups in total. The van der Waals surface area contributed by atoms with Crippen LogP contribution in [0.3, 0.4) is 0 Å². The van der Waals surface area contributed by atoms with Gasteiger partial charge >= 0.3 is 0 Å². The first-order valence-electron chi connectivity index (χ1n) is 6.31. The van der Waals surface area contributed by atoms with Gasteiger partial charge in [-0.3, -0.25) is 0 Å². The Labute approximate surface area is 149 Å². The highest BCUT2D eigenvalue weighted by Crippen LogP contribution is 2.37. The van der Waals surface area contributed by atoms with Crippen LogP contribution in [0, 0.1) is 20.8 Å². The molecule has 5 heteroatoms. The molecular weight excluding hydrogens is 369 g/mol. The van der Waals surface area contributed by atoms with E-state index in [-0.39, 0.29) is 0 Å². The first-order valence-corrected chi connectivity index (χ1v) is 8.20. The highest BCUT2D eigenvalue weighted by Gasteiger charge is 2.16. The van der Waals surface area contributed by atoms with Gasteiger partial charge in [0.15, 0.2) is 0 Å². The molecule has 2 aromatic rings. The summed E-state index contributed by atoms with van der Waals surface area (Å²) in [4.78, 5) is 0. The van der Waals surface area contributed by atoms with Crippen LogP contribution in [0.2, 0.25) is 25.1 Å². The minimum absolute atomic E-state index is 0.438. The Bertz CT molecular complexity index is 693. The number of rotatable bonds is 2. The van der Waals surface area contributed by atoms with E-state index >= 15 is 0 Å². The number of hydrogen-bond acceptors (Lipinski definition) is 0. The van der Waals surface area contributed by atoms with Gasteiger partial charge in [0, 0.05) is 21.5 Å². The maximum absolute atomic E-state index is 6.44. The van der Waals surface area contributed by atoms with Gasteiger partial charge < -0.3 is 0 Å². The minimum atomic E-state index is 0.438. The molecule has 0 saturated heterocycles. The molecule has 0 unspecified atom stereocenters. The van der Waals surface area contributed by atoms with Crippen molar-refractivity contribution in [2.45, 2.75) is 27.2 Å². The second-order valence-corrected chi connectivity index (χ2v) is 6.99. The van der Waals surface area contributed by atoms with Crippen LogP contribution >= 0.6 is 58.0 Å². The molecule has 21 heavy (non-hydrogen) atoms. The van der Waals surface area contributed by atoms with Crippen LogP contribution < -0.4 is 0 Å². The molecule has 0 spiro atoms. The standard InChI is InChI=1S/C16H13Cl5/c1-7-8(2)15(20)10(5-12(7)17)4-11-9(3)13(18)6-14(19)16(11)21/h5-6H,4H2,1-3H3. The van der Waals surface area contributed by atoms with Gasteiger partial charge in [0.25, 0.3) is 0 Å². The summed E-state index contributed by atoms with van der Waals surface area (Å²) in [5.74, 6) is 0. The highest BCUT2D eigenvalue weighted by atomic mass is 35.5. The van der Waals surface area contributed by atoms with Crippen molar-refractivity contribution in [2.75, 3.05) is 0 Å². The summed E-state index contributed by atoms with van der Waals surface area (Å²) in [7, 11) is 0. The normalized spacial score (nSPS) is 11.0. The third kappa shape index (κ3) is 3.30. The lowest BCUT2D eigenvalue weighted by atomic mass is 9.97. The Morgan fingerprint density at radius 1 is 0.667 bits per heavy atom. The molecule has 0 bridgehead atoms. The van der Waals surface area contributed by atoms with E-state index in [9.17, 15) is 0 Å². The first-order chi connectivity index (χ1) is 9.73. The van der Waals surface area contributed by atoms with E-state index in [1.807, 2.05) is 26.8 Å². The predicted octanol–water partition coefficient (Wildman–Crippen LogP) is 7.47. The smallest absolute Gasteiger partial charge is 0.0631 e. The average Bonchev–Trinajstić information content (AvgIpc) is 2.44. The average molecular weight is 383 g/mol. The fraction of sp³-hybridized carbons (Fsp3) is 0.250. The molecule has 0 aliphatic rings. The lowest BCUT2D eigenvalue weighted by molar-refractivity contribution is 1.14. The van der Waals surface area contributed by atoms with E-state index in [0.29, 0.717) is 31.5 Å². The van der Waals surface area contributed by atoms with Crippen LogP contribution in [0.25, 0.3) is 0 Å². The second-order valence-electron chi connectivity index (χ2n) is 5.02. The lowest BCUT2D eigenvalue weighted by Crippen LogP contribution is -1.98. The summed E-state index contributed by atoms with van der Waals surface area (Å²) in [6.07, 6.45) is 0.532. The summed E-state index contributed by atoms with van der Waals surface area (Å²) in [5, 5.41) is 2.92. The molecule has 0 amide bonds. The molecule has 0 nitrogen and oxygen atoms in total. The molecular formula is C16H13Cl5. The minimum Gasteiger partial charge on any atom is -0.0840 e. The van der Waals surface area contributed by atoms with Crippen LogP contribution in [0.15, 0.2) is 12.1 Å². The van der Waals surface area contributed by atoms with Gasteiger partial charge in [0.1, 0.15) is 0 Å². The highest BCUT2D eigenvalue weighted by molar-refractivity contribution is 6.44. The predicted molar refractivity (Wildman–Crippen MR) is 95.0 cm³/mol. The molecule has 0 aliphatic carbocycles. The molecule has 0 radical (unpaired) electrons. The number of benzene rings is 2. The number of hydrogen-bond donors (Lipinski definition) is 0. The van der Waals surface area contributed by atoms with Crippen LogP contribution in [0.4, 0.5) is 0 Å². The van der Waals surface area contributed by atoms with E-state index in [1.54, 1.807) is 6.07 Å². The molecule has 2 aromatic carbocycles. The third-order valence-corrected chi connectivity index (χ3v) is 5.88.